The molecule has 0 saturated carbocycles. The van der Waals surface area contributed by atoms with Gasteiger partial charge in [0.05, 0.1) is 10.6 Å². The number of benzene rings is 1. The Hall–Kier alpha value is -3.21. The number of amides is 1. The van der Waals surface area contributed by atoms with Crippen LogP contribution in [0.5, 0.6) is 0 Å². The summed E-state index contributed by atoms with van der Waals surface area (Å²) in [6.07, 6.45) is 0. The molecule has 0 spiro atoms. The molecule has 0 fully saturated rings. The quantitative estimate of drug-likeness (QED) is 0.528. The van der Waals surface area contributed by atoms with Crippen molar-refractivity contribution in [2.24, 2.45) is 0 Å². The molecule has 0 atom stereocenters. The highest BCUT2D eigenvalue weighted by Gasteiger charge is 2.23. The number of nitrogens with one attached hydrogen (secondary N) is 1. The summed E-state index contributed by atoms with van der Waals surface area (Å²) >= 11 is 1.05. The van der Waals surface area contributed by atoms with Crippen LogP contribution >= 0.6 is 11.3 Å². The zero-order valence-electron chi connectivity index (χ0n) is 14.2. The number of carbonyl (C=O) groups excluding carboxylic acids is 1. The average Bonchev–Trinajstić information content (AvgIpc) is 3.14. The lowest BCUT2D eigenvalue weighted by molar-refractivity contribution is -0.386. The lowest BCUT2D eigenvalue weighted by Crippen LogP contribution is -2.20. The Labute approximate surface area is 155 Å². The van der Waals surface area contributed by atoms with Crippen LogP contribution in [0, 0.1) is 35.6 Å². The molecule has 0 aliphatic rings. The zero-order chi connectivity index (χ0) is 19.7. The molecule has 11 heteroatoms. The fourth-order valence-corrected chi connectivity index (χ4v) is 3.28. The maximum atomic E-state index is 13.8. The molecule has 3 aromatic rings. The van der Waals surface area contributed by atoms with Gasteiger partial charge in [0.1, 0.15) is 29.6 Å². The van der Waals surface area contributed by atoms with Crippen molar-refractivity contribution in [2.45, 2.75) is 20.4 Å². The van der Waals surface area contributed by atoms with Crippen LogP contribution in [0.3, 0.4) is 0 Å². The van der Waals surface area contributed by atoms with Gasteiger partial charge in [-0.25, -0.2) is 13.8 Å². The van der Waals surface area contributed by atoms with E-state index < -0.39 is 22.5 Å². The van der Waals surface area contributed by atoms with Crippen LogP contribution in [-0.4, -0.2) is 25.6 Å². The van der Waals surface area contributed by atoms with Crippen LogP contribution in [0.1, 0.15) is 11.4 Å². The molecule has 1 aromatic carbocycles. The van der Waals surface area contributed by atoms with Gasteiger partial charge in [-0.3, -0.25) is 19.6 Å². The fourth-order valence-electron chi connectivity index (χ4n) is 2.55. The first-order chi connectivity index (χ1) is 12.8. The molecule has 0 bridgehead atoms. The molecular weight excluding hydrogens is 380 g/mol. The molecule has 2 aromatic heterocycles. The Morgan fingerprint density at radius 3 is 2.78 bits per heavy atom. The largest absolute Gasteiger partial charge is 0.312 e. The Morgan fingerprint density at radius 1 is 1.37 bits per heavy atom. The third kappa shape index (κ3) is 3.82. The van der Waals surface area contributed by atoms with Gasteiger partial charge in [-0.15, -0.1) is 11.3 Å². The minimum absolute atomic E-state index is 0.0130. The molecule has 27 heavy (non-hydrogen) atoms. The van der Waals surface area contributed by atoms with E-state index in [4.69, 9.17) is 0 Å². The minimum atomic E-state index is -0.630. The summed E-state index contributed by atoms with van der Waals surface area (Å²) in [7, 11) is 0. The third-order valence-electron chi connectivity index (χ3n) is 3.77. The van der Waals surface area contributed by atoms with E-state index >= 15 is 0 Å². The van der Waals surface area contributed by atoms with Gasteiger partial charge in [0.15, 0.2) is 5.13 Å². The van der Waals surface area contributed by atoms with E-state index in [1.165, 1.54) is 23.9 Å². The first-order valence-electron chi connectivity index (χ1n) is 7.65. The summed E-state index contributed by atoms with van der Waals surface area (Å²) in [5.74, 6) is -1.73. The molecule has 0 saturated heterocycles. The van der Waals surface area contributed by atoms with Gasteiger partial charge in [-0.1, -0.05) is 0 Å². The fraction of sp³-hybridized carbons (Fsp3) is 0.188. The molecule has 0 radical (unpaired) electrons. The molecule has 140 valence electrons. The first-order valence-corrected chi connectivity index (χ1v) is 8.53. The maximum Gasteiger partial charge on any atom is 0.312 e. The molecule has 0 aliphatic heterocycles. The van der Waals surface area contributed by atoms with E-state index in [2.05, 4.69) is 15.4 Å². The van der Waals surface area contributed by atoms with Gasteiger partial charge >= 0.3 is 5.69 Å². The predicted molar refractivity (Wildman–Crippen MR) is 94.5 cm³/mol. The Bertz CT molecular complexity index is 1050. The Balaban J connectivity index is 1.74. The smallest absolute Gasteiger partial charge is 0.300 e. The monoisotopic (exact) mass is 393 g/mol. The average molecular weight is 393 g/mol. The van der Waals surface area contributed by atoms with E-state index in [9.17, 15) is 23.7 Å². The summed E-state index contributed by atoms with van der Waals surface area (Å²) < 4.78 is 28.3. The van der Waals surface area contributed by atoms with Crippen molar-refractivity contribution in [1.29, 1.82) is 0 Å². The second kappa shape index (κ2) is 7.19. The molecule has 3 rings (SSSR count). The summed E-state index contributed by atoms with van der Waals surface area (Å²) in [4.78, 5) is 26.7. The van der Waals surface area contributed by atoms with E-state index in [1.807, 2.05) is 0 Å². The van der Waals surface area contributed by atoms with Crippen LogP contribution in [0.4, 0.5) is 19.6 Å². The van der Waals surface area contributed by atoms with Gasteiger partial charge in [0, 0.05) is 10.9 Å². The van der Waals surface area contributed by atoms with Crippen LogP contribution in [-0.2, 0) is 11.3 Å². The van der Waals surface area contributed by atoms with Crippen molar-refractivity contribution >= 4 is 28.1 Å². The summed E-state index contributed by atoms with van der Waals surface area (Å²) in [6, 6.07) is 3.02. The number of halogens is 2. The highest BCUT2D eigenvalue weighted by molar-refractivity contribution is 7.14. The normalized spacial score (nSPS) is 10.8. The minimum Gasteiger partial charge on any atom is -0.300 e. The summed E-state index contributed by atoms with van der Waals surface area (Å²) in [5.41, 5.74) is 0.508. The lowest BCUT2D eigenvalue weighted by Gasteiger charge is -2.04. The van der Waals surface area contributed by atoms with Crippen molar-refractivity contribution in [3.8, 4) is 11.3 Å². The van der Waals surface area contributed by atoms with Crippen molar-refractivity contribution in [1.82, 2.24) is 14.8 Å². The zero-order valence-corrected chi connectivity index (χ0v) is 15.0. The van der Waals surface area contributed by atoms with Gasteiger partial charge in [0.25, 0.3) is 0 Å². The van der Waals surface area contributed by atoms with Crippen molar-refractivity contribution < 1.29 is 18.5 Å². The highest BCUT2D eigenvalue weighted by atomic mass is 32.1. The van der Waals surface area contributed by atoms with E-state index in [0.717, 1.165) is 29.5 Å². The summed E-state index contributed by atoms with van der Waals surface area (Å²) in [6.45, 7) is 2.74. The number of thiazole rings is 1. The molecular formula is C16H13F2N5O3S. The molecule has 0 unspecified atom stereocenters. The molecule has 1 N–H and O–H groups in total. The van der Waals surface area contributed by atoms with Gasteiger partial charge < -0.3 is 5.32 Å². The number of aryl methyl sites for hydroxylation is 1. The Morgan fingerprint density at radius 2 is 2.11 bits per heavy atom. The molecule has 0 aliphatic carbocycles. The molecule has 2 heterocycles. The van der Waals surface area contributed by atoms with Crippen molar-refractivity contribution in [3.63, 3.8) is 0 Å². The topological polar surface area (TPSA) is 103 Å². The number of rotatable bonds is 5. The number of hydrogen-bond acceptors (Lipinski definition) is 6. The van der Waals surface area contributed by atoms with Crippen LogP contribution in [0.15, 0.2) is 23.6 Å². The second-order valence-corrected chi connectivity index (χ2v) is 6.50. The number of nitro groups is 1. The number of aromatic nitrogens is 3. The van der Waals surface area contributed by atoms with Crippen molar-refractivity contribution in [3.05, 3.63) is 56.7 Å². The van der Waals surface area contributed by atoms with E-state index in [0.29, 0.717) is 0 Å². The van der Waals surface area contributed by atoms with Crippen LogP contribution in [0.25, 0.3) is 11.3 Å². The second-order valence-electron chi connectivity index (χ2n) is 5.64. The predicted octanol–water partition coefficient (Wildman–Crippen LogP) is 3.45. The van der Waals surface area contributed by atoms with Gasteiger partial charge in [-0.2, -0.15) is 5.10 Å². The Kier molecular flexibility index (Phi) is 4.95. The number of anilines is 1. The lowest BCUT2D eigenvalue weighted by atomic mass is 10.1. The highest BCUT2D eigenvalue weighted by Crippen LogP contribution is 2.28. The van der Waals surface area contributed by atoms with E-state index in [-0.39, 0.29) is 40.0 Å². The summed E-state index contributed by atoms with van der Waals surface area (Å²) in [5, 5.41) is 19.2. The molecule has 8 nitrogen and oxygen atoms in total. The SMILES string of the molecule is Cc1nn(CC(=O)Nc2nc(-c3cc(F)ccc3F)cs2)c(C)c1[N+](=O)[O-]. The van der Waals surface area contributed by atoms with E-state index in [1.54, 1.807) is 0 Å². The van der Waals surface area contributed by atoms with Gasteiger partial charge in [-0.05, 0) is 32.0 Å². The van der Waals surface area contributed by atoms with Crippen LogP contribution in [0.2, 0.25) is 0 Å². The maximum absolute atomic E-state index is 13.8. The number of nitrogens with zero attached hydrogens (tertiary/aromatic N) is 4. The standard InChI is InChI=1S/C16H13F2N5O3S/c1-8-15(23(25)26)9(2)22(21-8)6-14(24)20-16-19-13(7-27-16)11-5-10(17)3-4-12(11)18/h3-5,7H,6H2,1-2H3,(H,19,20,24). The van der Waals surface area contributed by atoms with Gasteiger partial charge in [0.2, 0.25) is 5.91 Å². The first kappa shape index (κ1) is 18.6. The third-order valence-corrected chi connectivity index (χ3v) is 4.53. The molecule has 1 amide bonds. The number of hydrogen-bond donors (Lipinski definition) is 1. The van der Waals surface area contributed by atoms with Crippen LogP contribution < -0.4 is 5.32 Å². The number of carbonyl (C=O) groups is 1. The van der Waals surface area contributed by atoms with Crippen molar-refractivity contribution in [2.75, 3.05) is 5.32 Å².